The van der Waals surface area contributed by atoms with E-state index in [2.05, 4.69) is 15.1 Å². The number of rotatable bonds is 1. The molecule has 0 saturated heterocycles. The van der Waals surface area contributed by atoms with Gasteiger partial charge in [-0.1, -0.05) is 12.1 Å². The number of halogens is 1. The van der Waals surface area contributed by atoms with Gasteiger partial charge < -0.3 is 10.2 Å². The van der Waals surface area contributed by atoms with Gasteiger partial charge in [-0.05, 0) is 18.6 Å². The average molecular weight is 260 g/mol. The molecule has 19 heavy (non-hydrogen) atoms. The van der Waals surface area contributed by atoms with E-state index in [9.17, 15) is 14.6 Å². The van der Waals surface area contributed by atoms with Crippen molar-refractivity contribution in [2.45, 2.75) is 6.92 Å². The predicted octanol–water partition coefficient (Wildman–Crippen LogP) is 1.65. The second-order valence-corrected chi connectivity index (χ2v) is 4.09. The van der Waals surface area contributed by atoms with Crippen molar-refractivity contribution >= 4 is 5.78 Å². The molecule has 2 aromatic heterocycles. The molecule has 1 aromatic carbocycles. The molecule has 3 aromatic rings. The lowest BCUT2D eigenvalue weighted by Crippen LogP contribution is -1.97. The van der Waals surface area contributed by atoms with Crippen molar-refractivity contribution in [3.8, 4) is 22.9 Å². The van der Waals surface area contributed by atoms with E-state index in [1.165, 1.54) is 18.5 Å². The molecule has 0 radical (unpaired) electrons. The van der Waals surface area contributed by atoms with Crippen molar-refractivity contribution in [3.63, 3.8) is 0 Å². The average Bonchev–Trinajstić information content (AvgIpc) is 2.80. The topological polar surface area (TPSA) is 83.5 Å². The first-order valence-electron chi connectivity index (χ1n) is 5.46. The molecule has 2 heterocycles. The summed E-state index contributed by atoms with van der Waals surface area (Å²) in [5.74, 6) is -1.44. The van der Waals surface area contributed by atoms with Gasteiger partial charge in [0.05, 0.1) is 0 Å². The lowest BCUT2D eigenvalue weighted by Gasteiger charge is -2.09. The quantitative estimate of drug-likeness (QED) is 0.695. The van der Waals surface area contributed by atoms with Crippen LogP contribution in [0.3, 0.4) is 0 Å². The predicted molar refractivity (Wildman–Crippen MR) is 64.2 cm³/mol. The summed E-state index contributed by atoms with van der Waals surface area (Å²) in [6.07, 6.45) is 1.18. The summed E-state index contributed by atoms with van der Waals surface area (Å²) < 4.78 is 14.9. The van der Waals surface area contributed by atoms with Gasteiger partial charge in [-0.15, -0.1) is 0 Å². The first kappa shape index (κ1) is 11.4. The third-order valence-corrected chi connectivity index (χ3v) is 2.78. The Hall–Kier alpha value is -2.70. The minimum atomic E-state index is -0.563. The number of hydrogen-bond acceptors (Lipinski definition) is 5. The first-order valence-corrected chi connectivity index (χ1v) is 5.46. The number of aromatic nitrogens is 4. The van der Waals surface area contributed by atoms with E-state index in [0.29, 0.717) is 0 Å². The lowest BCUT2D eigenvalue weighted by molar-refractivity contribution is 0.415. The van der Waals surface area contributed by atoms with Gasteiger partial charge in [-0.25, -0.2) is 4.39 Å². The smallest absolute Gasteiger partial charge is 0.258 e. The van der Waals surface area contributed by atoms with Gasteiger partial charge >= 0.3 is 0 Å². The lowest BCUT2D eigenvalue weighted by atomic mass is 10.1. The summed E-state index contributed by atoms with van der Waals surface area (Å²) >= 11 is 0. The summed E-state index contributed by atoms with van der Waals surface area (Å²) in [6.45, 7) is 1.74. The van der Waals surface area contributed by atoms with Crippen LogP contribution in [0.15, 0.2) is 24.5 Å². The molecular formula is C12H9FN4O2. The van der Waals surface area contributed by atoms with Crippen LogP contribution < -0.4 is 0 Å². The van der Waals surface area contributed by atoms with Gasteiger partial charge in [-0.3, -0.25) is 0 Å². The fourth-order valence-corrected chi connectivity index (χ4v) is 1.88. The van der Waals surface area contributed by atoms with E-state index in [4.69, 9.17) is 0 Å². The van der Waals surface area contributed by atoms with Crippen molar-refractivity contribution in [3.05, 3.63) is 35.9 Å². The van der Waals surface area contributed by atoms with E-state index in [1.807, 2.05) is 0 Å². The van der Waals surface area contributed by atoms with Crippen molar-refractivity contribution in [1.29, 1.82) is 0 Å². The molecule has 3 rings (SSSR count). The summed E-state index contributed by atoms with van der Waals surface area (Å²) in [4.78, 5) is 7.49. The number of hydrogen-bond donors (Lipinski definition) is 2. The SMILES string of the molecule is Cc1ccc(-c2c(O)nc3ncnn3c2O)c(F)c1. The number of aromatic hydroxyl groups is 2. The molecule has 0 amide bonds. The van der Waals surface area contributed by atoms with Crippen LogP contribution in [0.5, 0.6) is 11.8 Å². The van der Waals surface area contributed by atoms with Crippen LogP contribution in [0.2, 0.25) is 0 Å². The van der Waals surface area contributed by atoms with Crippen molar-refractivity contribution < 1.29 is 14.6 Å². The number of fused-ring (bicyclic) bond motifs is 1. The van der Waals surface area contributed by atoms with Crippen LogP contribution in [0.25, 0.3) is 16.9 Å². The highest BCUT2D eigenvalue weighted by molar-refractivity contribution is 5.75. The maximum Gasteiger partial charge on any atom is 0.258 e. The number of nitrogens with zero attached hydrogens (tertiary/aromatic N) is 4. The van der Waals surface area contributed by atoms with E-state index < -0.39 is 17.6 Å². The zero-order chi connectivity index (χ0) is 13.6. The summed E-state index contributed by atoms with van der Waals surface area (Å²) in [5, 5.41) is 23.6. The highest BCUT2D eigenvalue weighted by Gasteiger charge is 2.20. The van der Waals surface area contributed by atoms with Gasteiger partial charge in [0.1, 0.15) is 17.7 Å². The Bertz CT molecular complexity index is 785. The van der Waals surface area contributed by atoms with Gasteiger partial charge in [0.25, 0.3) is 5.78 Å². The van der Waals surface area contributed by atoms with Crippen LogP contribution in [0.1, 0.15) is 5.56 Å². The monoisotopic (exact) mass is 260 g/mol. The normalized spacial score (nSPS) is 11.1. The molecule has 7 heteroatoms. The molecule has 0 atom stereocenters. The molecule has 0 spiro atoms. The van der Waals surface area contributed by atoms with Crippen LogP contribution in [0.4, 0.5) is 4.39 Å². The fourth-order valence-electron chi connectivity index (χ4n) is 1.88. The molecule has 0 saturated carbocycles. The van der Waals surface area contributed by atoms with Crippen molar-refractivity contribution in [1.82, 2.24) is 19.6 Å². The van der Waals surface area contributed by atoms with Gasteiger partial charge in [0.15, 0.2) is 0 Å². The van der Waals surface area contributed by atoms with E-state index >= 15 is 0 Å². The second kappa shape index (κ2) is 3.91. The third-order valence-electron chi connectivity index (χ3n) is 2.78. The fraction of sp³-hybridized carbons (Fsp3) is 0.0833. The van der Waals surface area contributed by atoms with Crippen molar-refractivity contribution in [2.75, 3.05) is 0 Å². The summed E-state index contributed by atoms with van der Waals surface area (Å²) in [7, 11) is 0. The number of benzene rings is 1. The molecule has 96 valence electrons. The van der Waals surface area contributed by atoms with E-state index in [0.717, 1.165) is 10.1 Å². The Kier molecular flexibility index (Phi) is 2.34. The molecule has 0 aliphatic carbocycles. The Balaban J connectivity index is 2.35. The zero-order valence-electron chi connectivity index (χ0n) is 9.87. The molecule has 0 unspecified atom stereocenters. The largest absolute Gasteiger partial charge is 0.493 e. The highest BCUT2D eigenvalue weighted by Crippen LogP contribution is 2.37. The first-order chi connectivity index (χ1) is 9.08. The summed E-state index contributed by atoms with van der Waals surface area (Å²) in [5.41, 5.74) is 0.663. The summed E-state index contributed by atoms with van der Waals surface area (Å²) in [6, 6.07) is 4.44. The molecule has 6 nitrogen and oxygen atoms in total. The van der Waals surface area contributed by atoms with E-state index in [1.54, 1.807) is 13.0 Å². The molecule has 2 N–H and O–H groups in total. The molecule has 0 aliphatic heterocycles. The Morgan fingerprint density at radius 1 is 1.26 bits per heavy atom. The van der Waals surface area contributed by atoms with E-state index in [-0.39, 0.29) is 16.9 Å². The minimum Gasteiger partial charge on any atom is -0.493 e. The highest BCUT2D eigenvalue weighted by atomic mass is 19.1. The van der Waals surface area contributed by atoms with Gasteiger partial charge in [-0.2, -0.15) is 19.6 Å². The third kappa shape index (κ3) is 1.67. The zero-order valence-corrected chi connectivity index (χ0v) is 9.87. The van der Waals surface area contributed by atoms with Crippen LogP contribution >= 0.6 is 0 Å². The Labute approximate surface area is 106 Å². The molecule has 0 aliphatic rings. The van der Waals surface area contributed by atoms with Crippen LogP contribution in [0, 0.1) is 12.7 Å². The minimum absolute atomic E-state index is 0.0336. The van der Waals surface area contributed by atoms with Gasteiger partial charge in [0, 0.05) is 5.56 Å². The second-order valence-electron chi connectivity index (χ2n) is 4.09. The van der Waals surface area contributed by atoms with Crippen LogP contribution in [-0.4, -0.2) is 29.8 Å². The number of aryl methyl sites for hydroxylation is 1. The Morgan fingerprint density at radius 2 is 2.05 bits per heavy atom. The standard InChI is InChI=1S/C12H9FN4O2/c1-6-2-3-7(8(13)4-6)9-10(18)16-12-14-5-15-17(12)11(9)19/h2-5,19H,1H3,(H,14,15,16,18). The molecular weight excluding hydrogens is 251 g/mol. The maximum atomic E-state index is 13.9. The van der Waals surface area contributed by atoms with Crippen LogP contribution in [-0.2, 0) is 0 Å². The maximum absolute atomic E-state index is 13.9. The molecule has 0 fully saturated rings. The molecule has 0 bridgehead atoms. The van der Waals surface area contributed by atoms with Crippen molar-refractivity contribution in [2.24, 2.45) is 0 Å². The Morgan fingerprint density at radius 3 is 2.79 bits per heavy atom. The van der Waals surface area contributed by atoms with Gasteiger partial charge in [0.2, 0.25) is 11.8 Å².